The highest BCUT2D eigenvalue weighted by Gasteiger charge is 2.24. The molecule has 0 N–H and O–H groups in total. The third kappa shape index (κ3) is 2.51. The number of benzene rings is 1. The molecule has 0 fully saturated rings. The summed E-state index contributed by atoms with van der Waals surface area (Å²) in [6.45, 7) is 1.53. The molecule has 0 spiro atoms. The fourth-order valence-electron chi connectivity index (χ4n) is 1.30. The smallest absolute Gasteiger partial charge is 0.207 e. The van der Waals surface area contributed by atoms with Crippen LogP contribution in [0.1, 0.15) is 24.2 Å². The minimum atomic E-state index is -4.65. The molecule has 1 unspecified atom stereocenters. The van der Waals surface area contributed by atoms with E-state index in [9.17, 15) is 16.7 Å². The SMILES string of the molecule is CCC(c1cccc(F)c1)S(=O)(=O)F. The summed E-state index contributed by atoms with van der Waals surface area (Å²) in [5.41, 5.74) is 0.148. The number of halogens is 2. The minimum Gasteiger partial charge on any atom is -0.207 e. The van der Waals surface area contributed by atoms with Crippen LogP contribution >= 0.6 is 0 Å². The van der Waals surface area contributed by atoms with Gasteiger partial charge >= 0.3 is 10.2 Å². The zero-order chi connectivity index (χ0) is 10.8. The van der Waals surface area contributed by atoms with Crippen molar-refractivity contribution < 1.29 is 16.7 Å². The molecule has 0 aliphatic heterocycles. The van der Waals surface area contributed by atoms with Crippen molar-refractivity contribution in [2.24, 2.45) is 0 Å². The number of rotatable bonds is 3. The van der Waals surface area contributed by atoms with Crippen molar-refractivity contribution in [2.45, 2.75) is 18.6 Å². The van der Waals surface area contributed by atoms with Crippen LogP contribution in [0, 0.1) is 5.82 Å². The standard InChI is InChI=1S/C9H10F2O2S/c1-2-9(14(11,12)13)7-4-3-5-8(10)6-7/h3-6,9H,2H2,1H3. The lowest BCUT2D eigenvalue weighted by Gasteiger charge is -2.09. The van der Waals surface area contributed by atoms with Crippen molar-refractivity contribution in [1.29, 1.82) is 0 Å². The van der Waals surface area contributed by atoms with Crippen molar-refractivity contribution in [1.82, 2.24) is 0 Å². The fraction of sp³-hybridized carbons (Fsp3) is 0.333. The van der Waals surface area contributed by atoms with Crippen molar-refractivity contribution >= 4 is 10.2 Å². The van der Waals surface area contributed by atoms with E-state index >= 15 is 0 Å². The molecule has 0 aliphatic carbocycles. The molecule has 5 heteroatoms. The van der Waals surface area contributed by atoms with Gasteiger partial charge < -0.3 is 0 Å². The molecular formula is C9H10F2O2S. The summed E-state index contributed by atoms with van der Waals surface area (Å²) in [6.07, 6.45) is 0.0856. The Kier molecular flexibility index (Phi) is 3.21. The summed E-state index contributed by atoms with van der Waals surface area (Å²) in [4.78, 5) is 0. The third-order valence-corrected chi connectivity index (χ3v) is 3.22. The van der Waals surface area contributed by atoms with E-state index < -0.39 is 21.3 Å². The topological polar surface area (TPSA) is 34.1 Å². The van der Waals surface area contributed by atoms with Gasteiger partial charge in [-0.05, 0) is 24.1 Å². The van der Waals surface area contributed by atoms with E-state index in [1.807, 2.05) is 0 Å². The molecule has 0 saturated heterocycles. The van der Waals surface area contributed by atoms with Crippen LogP contribution in [0.25, 0.3) is 0 Å². The zero-order valence-corrected chi connectivity index (χ0v) is 8.39. The van der Waals surface area contributed by atoms with E-state index in [0.29, 0.717) is 0 Å². The lowest BCUT2D eigenvalue weighted by molar-refractivity contribution is 0.532. The molecule has 0 heterocycles. The van der Waals surface area contributed by atoms with Crippen molar-refractivity contribution in [3.63, 3.8) is 0 Å². The Hall–Kier alpha value is -0.970. The molecule has 1 rings (SSSR count). The molecule has 0 aliphatic rings. The summed E-state index contributed by atoms with van der Waals surface area (Å²) in [5, 5.41) is -1.27. The largest absolute Gasteiger partial charge is 0.309 e. The van der Waals surface area contributed by atoms with Crippen LogP contribution in [0.15, 0.2) is 24.3 Å². The van der Waals surface area contributed by atoms with Gasteiger partial charge in [-0.1, -0.05) is 19.1 Å². The Morgan fingerprint density at radius 3 is 2.50 bits per heavy atom. The highest BCUT2D eigenvalue weighted by atomic mass is 32.3. The monoisotopic (exact) mass is 220 g/mol. The van der Waals surface area contributed by atoms with E-state index in [1.54, 1.807) is 0 Å². The van der Waals surface area contributed by atoms with Gasteiger partial charge in [0.2, 0.25) is 0 Å². The first-order chi connectivity index (χ1) is 6.45. The lowest BCUT2D eigenvalue weighted by atomic mass is 10.1. The quantitative estimate of drug-likeness (QED) is 0.734. The van der Waals surface area contributed by atoms with Crippen LogP contribution in [-0.2, 0) is 10.2 Å². The normalized spacial score (nSPS) is 13.9. The van der Waals surface area contributed by atoms with Crippen molar-refractivity contribution in [3.05, 3.63) is 35.6 Å². The van der Waals surface area contributed by atoms with E-state index in [1.165, 1.54) is 25.1 Å². The molecule has 2 nitrogen and oxygen atoms in total. The summed E-state index contributed by atoms with van der Waals surface area (Å²) in [5.74, 6) is -0.565. The van der Waals surface area contributed by atoms with Gasteiger partial charge in [0.25, 0.3) is 0 Å². The molecule has 0 aromatic heterocycles. The number of hydrogen-bond acceptors (Lipinski definition) is 2. The third-order valence-electron chi connectivity index (χ3n) is 1.93. The van der Waals surface area contributed by atoms with Gasteiger partial charge in [-0.3, -0.25) is 0 Å². The molecule has 78 valence electrons. The van der Waals surface area contributed by atoms with Crippen LogP contribution in [0.4, 0.5) is 8.28 Å². The highest BCUT2D eigenvalue weighted by molar-refractivity contribution is 7.86. The molecule has 0 saturated carbocycles. The van der Waals surface area contributed by atoms with Crippen LogP contribution in [0.5, 0.6) is 0 Å². The van der Waals surface area contributed by atoms with Crippen molar-refractivity contribution in [3.8, 4) is 0 Å². The van der Waals surface area contributed by atoms with E-state index in [4.69, 9.17) is 0 Å². The van der Waals surface area contributed by atoms with E-state index in [2.05, 4.69) is 0 Å². The molecule has 14 heavy (non-hydrogen) atoms. The summed E-state index contributed by atoms with van der Waals surface area (Å²) < 4.78 is 46.8. The predicted molar refractivity (Wildman–Crippen MR) is 49.5 cm³/mol. The first kappa shape index (κ1) is 11.1. The van der Waals surface area contributed by atoms with Gasteiger partial charge in [0.1, 0.15) is 11.1 Å². The van der Waals surface area contributed by atoms with Crippen LogP contribution in [0.3, 0.4) is 0 Å². The van der Waals surface area contributed by atoms with Crippen LogP contribution in [-0.4, -0.2) is 8.42 Å². The highest BCUT2D eigenvalue weighted by Crippen LogP contribution is 2.27. The first-order valence-electron chi connectivity index (χ1n) is 4.14. The minimum absolute atomic E-state index is 0.0856. The first-order valence-corrected chi connectivity index (χ1v) is 5.58. The second-order valence-corrected chi connectivity index (χ2v) is 4.45. The summed E-state index contributed by atoms with van der Waals surface area (Å²) in [7, 11) is -4.65. The molecule has 0 bridgehead atoms. The Morgan fingerprint density at radius 1 is 1.43 bits per heavy atom. The Labute approximate surface area is 81.8 Å². The van der Waals surface area contributed by atoms with Gasteiger partial charge in [-0.25, -0.2) is 4.39 Å². The van der Waals surface area contributed by atoms with Crippen LogP contribution < -0.4 is 0 Å². The Balaban J connectivity index is 3.14. The van der Waals surface area contributed by atoms with Gasteiger partial charge in [0.05, 0.1) is 0 Å². The maximum Gasteiger partial charge on any atom is 0.309 e. The van der Waals surface area contributed by atoms with E-state index in [-0.39, 0.29) is 12.0 Å². The Morgan fingerprint density at radius 2 is 2.07 bits per heavy atom. The summed E-state index contributed by atoms with van der Waals surface area (Å²) >= 11 is 0. The maximum atomic E-state index is 12.7. The zero-order valence-electron chi connectivity index (χ0n) is 7.57. The second-order valence-electron chi connectivity index (χ2n) is 2.93. The molecule has 0 amide bonds. The maximum absolute atomic E-state index is 12.7. The molecular weight excluding hydrogens is 210 g/mol. The van der Waals surface area contributed by atoms with Gasteiger partial charge in [-0.2, -0.15) is 8.42 Å². The molecule has 0 radical (unpaired) electrons. The predicted octanol–water partition coefficient (Wildman–Crippen LogP) is 2.58. The fourth-order valence-corrected chi connectivity index (χ4v) is 2.17. The summed E-state index contributed by atoms with van der Waals surface area (Å²) in [6, 6.07) is 4.97. The lowest BCUT2D eigenvalue weighted by Crippen LogP contribution is -2.07. The van der Waals surface area contributed by atoms with Gasteiger partial charge in [-0.15, -0.1) is 3.89 Å². The average molecular weight is 220 g/mol. The Bertz CT molecular complexity index is 415. The van der Waals surface area contributed by atoms with Crippen LogP contribution in [0.2, 0.25) is 0 Å². The molecule has 1 aromatic carbocycles. The molecule has 1 aromatic rings. The van der Waals surface area contributed by atoms with Gasteiger partial charge in [0.15, 0.2) is 0 Å². The van der Waals surface area contributed by atoms with Crippen molar-refractivity contribution in [2.75, 3.05) is 0 Å². The van der Waals surface area contributed by atoms with Gasteiger partial charge in [0, 0.05) is 0 Å². The van der Waals surface area contributed by atoms with E-state index in [0.717, 1.165) is 6.07 Å². The number of hydrogen-bond donors (Lipinski definition) is 0. The average Bonchev–Trinajstić information content (AvgIpc) is 2.02. The molecule has 1 atom stereocenters. The second kappa shape index (κ2) is 4.04.